The highest BCUT2D eigenvalue weighted by atomic mass is 32.2. The SMILES string of the molecule is COc1ccc(C(=O)NS(C)(=O)=O)c(N)c1. The van der Waals surface area contributed by atoms with E-state index in [1.807, 2.05) is 4.72 Å². The lowest BCUT2D eigenvalue weighted by Crippen LogP contribution is -2.29. The maximum Gasteiger partial charge on any atom is 0.266 e. The molecule has 1 amide bonds. The van der Waals surface area contributed by atoms with Gasteiger partial charge < -0.3 is 10.5 Å². The third-order valence-corrected chi connectivity index (χ3v) is 2.34. The number of carbonyl (C=O) groups excluding carboxylic acids is 1. The summed E-state index contributed by atoms with van der Waals surface area (Å²) in [6.07, 6.45) is 0.893. The van der Waals surface area contributed by atoms with Crippen molar-refractivity contribution in [2.24, 2.45) is 0 Å². The number of sulfonamides is 1. The van der Waals surface area contributed by atoms with E-state index >= 15 is 0 Å². The second kappa shape index (κ2) is 4.40. The zero-order chi connectivity index (χ0) is 12.3. The van der Waals surface area contributed by atoms with Crippen LogP contribution in [0, 0.1) is 0 Å². The van der Waals surface area contributed by atoms with Gasteiger partial charge in [-0.1, -0.05) is 0 Å². The molecule has 0 heterocycles. The molecule has 3 N–H and O–H groups in total. The predicted octanol–water partition coefficient (Wildman–Crippen LogP) is -0.0332. The third-order valence-electron chi connectivity index (χ3n) is 1.78. The van der Waals surface area contributed by atoms with E-state index in [2.05, 4.69) is 0 Å². The smallest absolute Gasteiger partial charge is 0.266 e. The second-order valence-electron chi connectivity index (χ2n) is 3.16. The minimum absolute atomic E-state index is 0.0891. The minimum atomic E-state index is -3.59. The highest BCUT2D eigenvalue weighted by molar-refractivity contribution is 7.89. The van der Waals surface area contributed by atoms with Crippen molar-refractivity contribution in [3.05, 3.63) is 23.8 Å². The Balaban J connectivity index is 3.01. The quantitative estimate of drug-likeness (QED) is 0.727. The summed E-state index contributed by atoms with van der Waals surface area (Å²) in [4.78, 5) is 11.5. The summed E-state index contributed by atoms with van der Waals surface area (Å²) in [7, 11) is -2.13. The number of nitrogen functional groups attached to an aromatic ring is 1. The highest BCUT2D eigenvalue weighted by Gasteiger charge is 2.14. The molecule has 88 valence electrons. The van der Waals surface area contributed by atoms with Crippen LogP contribution in [0.1, 0.15) is 10.4 Å². The Kier molecular flexibility index (Phi) is 3.38. The van der Waals surface area contributed by atoms with Crippen LogP contribution in [0.2, 0.25) is 0 Å². The number of benzene rings is 1. The van der Waals surface area contributed by atoms with Gasteiger partial charge in [0.25, 0.3) is 5.91 Å². The fraction of sp³-hybridized carbons (Fsp3) is 0.222. The van der Waals surface area contributed by atoms with Crippen LogP contribution >= 0.6 is 0 Å². The predicted molar refractivity (Wildman–Crippen MR) is 59.7 cm³/mol. The zero-order valence-corrected chi connectivity index (χ0v) is 9.67. The van der Waals surface area contributed by atoms with Gasteiger partial charge in [0.2, 0.25) is 10.0 Å². The lowest BCUT2D eigenvalue weighted by molar-refractivity contribution is 0.0982. The van der Waals surface area contributed by atoms with E-state index in [1.54, 1.807) is 0 Å². The van der Waals surface area contributed by atoms with E-state index < -0.39 is 15.9 Å². The van der Waals surface area contributed by atoms with E-state index in [-0.39, 0.29) is 11.3 Å². The van der Waals surface area contributed by atoms with Crippen molar-refractivity contribution < 1.29 is 17.9 Å². The first-order valence-corrected chi connectivity index (χ1v) is 6.18. The van der Waals surface area contributed by atoms with Crippen LogP contribution in [0.25, 0.3) is 0 Å². The van der Waals surface area contributed by atoms with Crippen molar-refractivity contribution in [2.45, 2.75) is 0 Å². The van der Waals surface area contributed by atoms with Gasteiger partial charge in [-0.15, -0.1) is 0 Å². The first kappa shape index (κ1) is 12.3. The Labute approximate surface area is 93.5 Å². The molecule has 6 nitrogen and oxygen atoms in total. The Morgan fingerprint density at radius 3 is 2.50 bits per heavy atom. The van der Waals surface area contributed by atoms with Crippen LogP contribution < -0.4 is 15.2 Å². The largest absolute Gasteiger partial charge is 0.497 e. The van der Waals surface area contributed by atoms with Crippen molar-refractivity contribution >= 4 is 21.6 Å². The van der Waals surface area contributed by atoms with Crippen LogP contribution in [0.5, 0.6) is 5.75 Å². The van der Waals surface area contributed by atoms with Crippen LogP contribution in [0.4, 0.5) is 5.69 Å². The Bertz CT molecular complexity index is 510. The van der Waals surface area contributed by atoms with Crippen LogP contribution in [0.3, 0.4) is 0 Å². The summed E-state index contributed by atoms with van der Waals surface area (Å²) in [5.41, 5.74) is 5.82. The molecule has 0 atom stereocenters. The molecule has 0 saturated heterocycles. The van der Waals surface area contributed by atoms with Crippen molar-refractivity contribution in [3.8, 4) is 5.75 Å². The number of methoxy groups -OCH3 is 1. The molecule has 0 aliphatic carbocycles. The molecule has 0 radical (unpaired) electrons. The van der Waals surface area contributed by atoms with Gasteiger partial charge in [-0.25, -0.2) is 13.1 Å². The summed E-state index contributed by atoms with van der Waals surface area (Å²) in [5.74, 6) is -0.268. The Morgan fingerprint density at radius 2 is 2.06 bits per heavy atom. The van der Waals surface area contributed by atoms with Crippen molar-refractivity contribution in [2.75, 3.05) is 19.1 Å². The molecule has 1 rings (SSSR count). The zero-order valence-electron chi connectivity index (χ0n) is 8.85. The molecule has 0 unspecified atom stereocenters. The molecular formula is C9H12N2O4S. The lowest BCUT2D eigenvalue weighted by Gasteiger charge is -2.07. The first-order valence-electron chi connectivity index (χ1n) is 4.29. The number of hydrogen-bond acceptors (Lipinski definition) is 5. The van der Waals surface area contributed by atoms with E-state index in [9.17, 15) is 13.2 Å². The van der Waals surface area contributed by atoms with Crippen molar-refractivity contribution in [1.29, 1.82) is 0 Å². The van der Waals surface area contributed by atoms with Gasteiger partial charge in [0.05, 0.1) is 18.9 Å². The molecule has 1 aromatic carbocycles. The van der Waals surface area contributed by atoms with Gasteiger partial charge in [0.15, 0.2) is 0 Å². The number of nitrogens with one attached hydrogen (secondary N) is 1. The van der Waals surface area contributed by atoms with E-state index in [0.717, 1.165) is 6.26 Å². The monoisotopic (exact) mass is 244 g/mol. The molecule has 16 heavy (non-hydrogen) atoms. The van der Waals surface area contributed by atoms with Crippen molar-refractivity contribution in [1.82, 2.24) is 4.72 Å². The molecule has 7 heteroatoms. The number of ether oxygens (including phenoxy) is 1. The molecule has 0 fully saturated rings. The lowest BCUT2D eigenvalue weighted by atomic mass is 10.1. The normalized spacial score (nSPS) is 10.9. The highest BCUT2D eigenvalue weighted by Crippen LogP contribution is 2.19. The molecule has 0 aliphatic rings. The molecular weight excluding hydrogens is 232 g/mol. The third kappa shape index (κ3) is 3.13. The summed E-state index contributed by atoms with van der Waals surface area (Å²) >= 11 is 0. The summed E-state index contributed by atoms with van der Waals surface area (Å²) in [6, 6.07) is 4.36. The van der Waals surface area contributed by atoms with Gasteiger partial charge in [-0.05, 0) is 12.1 Å². The van der Waals surface area contributed by atoms with E-state index in [1.165, 1.54) is 25.3 Å². The minimum Gasteiger partial charge on any atom is -0.497 e. The van der Waals surface area contributed by atoms with Gasteiger partial charge >= 0.3 is 0 Å². The number of anilines is 1. The van der Waals surface area contributed by atoms with Gasteiger partial charge in [-0.2, -0.15) is 0 Å². The standard InChI is InChI=1S/C9H12N2O4S/c1-15-6-3-4-7(8(10)5-6)9(12)11-16(2,13)14/h3-5H,10H2,1-2H3,(H,11,12). The summed E-state index contributed by atoms with van der Waals surface area (Å²) in [5, 5.41) is 0. The van der Waals surface area contributed by atoms with Gasteiger partial charge in [-0.3, -0.25) is 4.79 Å². The number of nitrogens with two attached hydrogens (primary N) is 1. The van der Waals surface area contributed by atoms with Crippen LogP contribution in [0.15, 0.2) is 18.2 Å². The topological polar surface area (TPSA) is 98.5 Å². The number of carbonyl (C=O) groups is 1. The second-order valence-corrected chi connectivity index (χ2v) is 4.90. The molecule has 1 aromatic rings. The van der Waals surface area contributed by atoms with Gasteiger partial charge in [0, 0.05) is 11.8 Å². The molecule has 0 aliphatic heterocycles. The van der Waals surface area contributed by atoms with E-state index in [0.29, 0.717) is 5.75 Å². The number of hydrogen-bond donors (Lipinski definition) is 2. The molecule has 0 saturated carbocycles. The number of rotatable bonds is 3. The summed E-state index contributed by atoms with van der Waals surface area (Å²) in [6.45, 7) is 0. The summed E-state index contributed by atoms with van der Waals surface area (Å²) < 4.78 is 28.4. The maximum absolute atomic E-state index is 11.5. The van der Waals surface area contributed by atoms with E-state index in [4.69, 9.17) is 10.5 Å². The Morgan fingerprint density at radius 1 is 1.44 bits per heavy atom. The first-order chi connectivity index (χ1) is 7.33. The number of amides is 1. The van der Waals surface area contributed by atoms with Crippen molar-refractivity contribution in [3.63, 3.8) is 0 Å². The van der Waals surface area contributed by atoms with Crippen LogP contribution in [-0.4, -0.2) is 27.7 Å². The molecule has 0 aromatic heterocycles. The molecule has 0 spiro atoms. The van der Waals surface area contributed by atoms with Crippen LogP contribution in [-0.2, 0) is 10.0 Å². The Hall–Kier alpha value is -1.76. The average molecular weight is 244 g/mol. The van der Waals surface area contributed by atoms with Gasteiger partial charge in [0.1, 0.15) is 5.75 Å². The fourth-order valence-electron chi connectivity index (χ4n) is 1.10. The molecule has 0 bridgehead atoms. The fourth-order valence-corrected chi connectivity index (χ4v) is 1.54. The average Bonchev–Trinajstić information content (AvgIpc) is 2.14. The maximum atomic E-state index is 11.5.